The van der Waals surface area contributed by atoms with Crippen LogP contribution < -0.4 is 10.2 Å². The molecule has 1 aromatic carbocycles. The van der Waals surface area contributed by atoms with E-state index in [1.165, 1.54) is 11.3 Å². The summed E-state index contributed by atoms with van der Waals surface area (Å²) in [7, 11) is 0. The molecule has 1 atom stereocenters. The van der Waals surface area contributed by atoms with Gasteiger partial charge in [0.2, 0.25) is 0 Å². The van der Waals surface area contributed by atoms with Gasteiger partial charge in [0.05, 0.1) is 25.9 Å². The number of nitrogens with one attached hydrogen (secondary N) is 1. The van der Waals surface area contributed by atoms with E-state index in [1.807, 2.05) is 0 Å². The average molecular weight is 278 g/mol. The van der Waals surface area contributed by atoms with Gasteiger partial charge in [-0.05, 0) is 32.4 Å². The van der Waals surface area contributed by atoms with E-state index in [9.17, 15) is 5.11 Å². The summed E-state index contributed by atoms with van der Waals surface area (Å²) in [6.45, 7) is 9.60. The zero-order valence-corrected chi connectivity index (χ0v) is 12.7. The maximum Gasteiger partial charge on any atom is 0.0755 e. The fourth-order valence-corrected chi connectivity index (χ4v) is 2.42. The zero-order valence-electron chi connectivity index (χ0n) is 12.7. The molecule has 1 fully saturated rings. The Labute approximate surface area is 121 Å². The van der Waals surface area contributed by atoms with Crippen molar-refractivity contribution < 1.29 is 9.84 Å². The molecular weight excluding hydrogens is 252 g/mol. The van der Waals surface area contributed by atoms with Crippen molar-refractivity contribution in [2.24, 2.45) is 0 Å². The molecule has 4 nitrogen and oxygen atoms in total. The Morgan fingerprint density at radius 1 is 1.35 bits per heavy atom. The van der Waals surface area contributed by atoms with E-state index in [0.29, 0.717) is 6.61 Å². The number of morpholine rings is 1. The lowest BCUT2D eigenvalue weighted by Crippen LogP contribution is -2.48. The molecule has 0 radical (unpaired) electrons. The normalized spacial score (nSPS) is 20.2. The van der Waals surface area contributed by atoms with Crippen LogP contribution in [0, 0.1) is 0 Å². The summed E-state index contributed by atoms with van der Waals surface area (Å²) in [5, 5.41) is 13.1. The van der Waals surface area contributed by atoms with Crippen molar-refractivity contribution in [3.63, 3.8) is 0 Å². The molecule has 0 spiro atoms. The van der Waals surface area contributed by atoms with Gasteiger partial charge >= 0.3 is 0 Å². The summed E-state index contributed by atoms with van der Waals surface area (Å²) in [6.07, 6.45) is 0. The molecule has 1 saturated heterocycles. The molecule has 4 heteroatoms. The Hall–Kier alpha value is -1.10. The van der Waals surface area contributed by atoms with Crippen molar-refractivity contribution >= 4 is 5.69 Å². The molecule has 0 bridgehead atoms. The van der Waals surface area contributed by atoms with Crippen molar-refractivity contribution in [1.29, 1.82) is 0 Å². The number of aliphatic hydroxyl groups excluding tert-OH is 1. The monoisotopic (exact) mass is 278 g/mol. The van der Waals surface area contributed by atoms with Crippen LogP contribution in [-0.2, 0) is 11.3 Å². The summed E-state index contributed by atoms with van der Waals surface area (Å²) in [5.74, 6) is 0. The molecule has 2 N–H and O–H groups in total. The second-order valence-corrected chi connectivity index (χ2v) is 6.34. The molecule has 0 aliphatic carbocycles. The maximum absolute atomic E-state index is 9.54. The number of ether oxygens (including phenoxy) is 1. The Kier molecular flexibility index (Phi) is 5.02. The molecule has 1 aliphatic heterocycles. The number of rotatable bonds is 4. The fourth-order valence-electron chi connectivity index (χ4n) is 2.42. The topological polar surface area (TPSA) is 44.7 Å². The highest BCUT2D eigenvalue weighted by Gasteiger charge is 2.24. The van der Waals surface area contributed by atoms with Crippen molar-refractivity contribution in [3.8, 4) is 0 Å². The van der Waals surface area contributed by atoms with Crippen molar-refractivity contribution in [3.05, 3.63) is 29.8 Å². The molecule has 20 heavy (non-hydrogen) atoms. The van der Waals surface area contributed by atoms with Crippen LogP contribution in [0.3, 0.4) is 0 Å². The number of para-hydroxylation sites is 1. The Bertz CT molecular complexity index is 429. The van der Waals surface area contributed by atoms with Crippen molar-refractivity contribution in [2.45, 2.75) is 38.9 Å². The first-order chi connectivity index (χ1) is 9.51. The third kappa shape index (κ3) is 3.95. The van der Waals surface area contributed by atoms with Crippen LogP contribution in [0.25, 0.3) is 0 Å². The lowest BCUT2D eigenvalue weighted by atomic mass is 10.1. The molecule has 1 unspecified atom stereocenters. The third-order valence-corrected chi connectivity index (χ3v) is 3.55. The van der Waals surface area contributed by atoms with Crippen LogP contribution >= 0.6 is 0 Å². The van der Waals surface area contributed by atoms with Gasteiger partial charge in [0.25, 0.3) is 0 Å². The van der Waals surface area contributed by atoms with Crippen LogP contribution in [0.5, 0.6) is 0 Å². The molecule has 2 rings (SSSR count). The summed E-state index contributed by atoms with van der Waals surface area (Å²) in [6, 6.07) is 8.46. The molecule has 0 amide bonds. The zero-order chi connectivity index (χ0) is 14.6. The van der Waals surface area contributed by atoms with E-state index in [0.717, 1.165) is 19.7 Å². The molecule has 112 valence electrons. The number of aliphatic hydroxyl groups is 1. The summed E-state index contributed by atoms with van der Waals surface area (Å²) < 4.78 is 5.46. The van der Waals surface area contributed by atoms with E-state index in [1.54, 1.807) is 0 Å². The SMILES string of the molecule is CC(C)(C)NCc1ccccc1N1CCOCC1CO. The van der Waals surface area contributed by atoms with Gasteiger partial charge in [-0.3, -0.25) is 0 Å². The highest BCUT2D eigenvalue weighted by Crippen LogP contribution is 2.24. The highest BCUT2D eigenvalue weighted by molar-refractivity contribution is 5.55. The Morgan fingerprint density at radius 3 is 2.80 bits per heavy atom. The first-order valence-corrected chi connectivity index (χ1v) is 7.29. The van der Waals surface area contributed by atoms with Crippen LogP contribution in [0.1, 0.15) is 26.3 Å². The molecule has 1 heterocycles. The third-order valence-electron chi connectivity index (χ3n) is 3.55. The second kappa shape index (κ2) is 6.57. The quantitative estimate of drug-likeness (QED) is 0.881. The average Bonchev–Trinajstić information content (AvgIpc) is 2.44. The fraction of sp³-hybridized carbons (Fsp3) is 0.625. The minimum Gasteiger partial charge on any atom is -0.394 e. The summed E-state index contributed by atoms with van der Waals surface area (Å²) in [4.78, 5) is 2.27. The number of hydrogen-bond acceptors (Lipinski definition) is 4. The Morgan fingerprint density at radius 2 is 2.10 bits per heavy atom. The van der Waals surface area contributed by atoms with E-state index < -0.39 is 0 Å². The molecule has 1 aromatic rings. The number of hydrogen-bond donors (Lipinski definition) is 2. The van der Waals surface area contributed by atoms with Crippen molar-refractivity contribution in [2.75, 3.05) is 31.3 Å². The van der Waals surface area contributed by atoms with Crippen molar-refractivity contribution in [1.82, 2.24) is 5.32 Å². The van der Waals surface area contributed by atoms with Gasteiger partial charge in [0.15, 0.2) is 0 Å². The van der Waals surface area contributed by atoms with E-state index in [-0.39, 0.29) is 18.2 Å². The van der Waals surface area contributed by atoms with Crippen LogP contribution in [0.15, 0.2) is 24.3 Å². The lowest BCUT2D eigenvalue weighted by molar-refractivity contribution is 0.0726. The predicted molar refractivity (Wildman–Crippen MR) is 82.1 cm³/mol. The molecule has 1 aliphatic rings. The summed E-state index contributed by atoms with van der Waals surface area (Å²) >= 11 is 0. The standard InChI is InChI=1S/C16H26N2O2/c1-16(2,3)17-10-13-6-4-5-7-15(13)18-8-9-20-12-14(18)11-19/h4-7,14,17,19H,8-12H2,1-3H3. The number of anilines is 1. The minimum atomic E-state index is 0.0551. The van der Waals surface area contributed by atoms with Gasteiger partial charge in [-0.15, -0.1) is 0 Å². The van der Waals surface area contributed by atoms with Gasteiger partial charge in [0.1, 0.15) is 0 Å². The van der Waals surface area contributed by atoms with Gasteiger partial charge in [-0.2, -0.15) is 0 Å². The van der Waals surface area contributed by atoms with Gasteiger partial charge in [0, 0.05) is 24.3 Å². The van der Waals surface area contributed by atoms with E-state index in [4.69, 9.17) is 4.74 Å². The first-order valence-electron chi connectivity index (χ1n) is 7.29. The highest BCUT2D eigenvalue weighted by atomic mass is 16.5. The lowest BCUT2D eigenvalue weighted by Gasteiger charge is -2.37. The molecular formula is C16H26N2O2. The minimum absolute atomic E-state index is 0.0551. The molecule has 0 aromatic heterocycles. The second-order valence-electron chi connectivity index (χ2n) is 6.34. The smallest absolute Gasteiger partial charge is 0.0755 e. The predicted octanol–water partition coefficient (Wildman–Crippen LogP) is 1.77. The maximum atomic E-state index is 9.54. The van der Waals surface area contributed by atoms with Gasteiger partial charge in [-0.1, -0.05) is 18.2 Å². The van der Waals surface area contributed by atoms with Crippen LogP contribution in [0.4, 0.5) is 5.69 Å². The van der Waals surface area contributed by atoms with E-state index in [2.05, 4.69) is 55.3 Å². The largest absolute Gasteiger partial charge is 0.394 e. The van der Waals surface area contributed by atoms with Crippen LogP contribution in [0.2, 0.25) is 0 Å². The van der Waals surface area contributed by atoms with Crippen LogP contribution in [-0.4, -0.2) is 43.1 Å². The van der Waals surface area contributed by atoms with Gasteiger partial charge < -0.3 is 20.1 Å². The number of benzene rings is 1. The van der Waals surface area contributed by atoms with E-state index >= 15 is 0 Å². The molecule has 0 saturated carbocycles. The van der Waals surface area contributed by atoms with Gasteiger partial charge in [-0.25, -0.2) is 0 Å². The summed E-state index contributed by atoms with van der Waals surface area (Å²) in [5.41, 5.74) is 2.56. The Balaban J connectivity index is 2.18. The first kappa shape index (κ1) is 15.3. The number of nitrogens with zero attached hydrogens (tertiary/aromatic N) is 1.